The minimum absolute atomic E-state index is 0.0275. The summed E-state index contributed by atoms with van der Waals surface area (Å²) in [4.78, 5) is 0. The summed E-state index contributed by atoms with van der Waals surface area (Å²) >= 11 is 0. The van der Waals surface area contributed by atoms with Crippen molar-refractivity contribution in [2.24, 2.45) is 0 Å². The summed E-state index contributed by atoms with van der Waals surface area (Å²) < 4.78 is -0.0275. The number of hydrogen-bond donors (Lipinski definition) is 2. The molecule has 0 atom stereocenters. The number of quaternary nitrogens is 1. The smallest absolute Gasteiger partial charge is 0.165 e. The maximum atomic E-state index is 10.1. The van der Waals surface area contributed by atoms with Crippen molar-refractivity contribution in [3.63, 3.8) is 0 Å². The lowest BCUT2D eigenvalue weighted by Gasteiger charge is -2.26. The lowest BCUT2D eigenvalue weighted by atomic mass is 10.2. The van der Waals surface area contributed by atoms with Crippen molar-refractivity contribution in [2.75, 3.05) is 18.8 Å². The average molecular weight is 181 g/mol. The highest BCUT2D eigenvalue weighted by Crippen LogP contribution is 2.21. The minimum atomic E-state index is -0.0275. The molecule has 0 aromatic heterocycles. The van der Waals surface area contributed by atoms with Gasteiger partial charge in [-0.2, -0.15) is 4.65 Å². The van der Waals surface area contributed by atoms with Gasteiger partial charge in [-0.25, -0.2) is 5.21 Å². The largest absolute Gasteiger partial charge is 0.399 e. The van der Waals surface area contributed by atoms with Gasteiger partial charge in [-0.1, -0.05) is 0 Å². The summed E-state index contributed by atoms with van der Waals surface area (Å²) in [5, 5.41) is 10.1. The average Bonchev–Trinajstić information content (AvgIpc) is 2.18. The first-order chi connectivity index (χ1) is 6.12. The Balaban J connectivity index is 2.99. The van der Waals surface area contributed by atoms with Crippen LogP contribution in [0.1, 0.15) is 13.8 Å². The van der Waals surface area contributed by atoms with Crippen molar-refractivity contribution < 1.29 is 5.21 Å². The van der Waals surface area contributed by atoms with E-state index in [1.807, 2.05) is 38.1 Å². The van der Waals surface area contributed by atoms with E-state index >= 15 is 0 Å². The number of rotatable bonds is 3. The van der Waals surface area contributed by atoms with Gasteiger partial charge in [0.2, 0.25) is 0 Å². The molecule has 0 bridgehead atoms. The molecule has 3 nitrogen and oxygen atoms in total. The quantitative estimate of drug-likeness (QED) is 0.425. The van der Waals surface area contributed by atoms with Crippen LogP contribution < -0.4 is 10.4 Å². The molecule has 0 aliphatic carbocycles. The molecule has 3 heteroatoms. The van der Waals surface area contributed by atoms with E-state index in [0.29, 0.717) is 13.1 Å². The Labute approximate surface area is 78.9 Å². The normalized spacial score (nSPS) is 11.6. The first-order valence-electron chi connectivity index (χ1n) is 4.58. The van der Waals surface area contributed by atoms with Gasteiger partial charge in [0.1, 0.15) is 13.1 Å². The Morgan fingerprint density at radius 1 is 1.15 bits per heavy atom. The van der Waals surface area contributed by atoms with Crippen LogP contribution in [-0.2, 0) is 0 Å². The molecular weight excluding hydrogens is 164 g/mol. The monoisotopic (exact) mass is 181 g/mol. The van der Waals surface area contributed by atoms with E-state index in [9.17, 15) is 5.21 Å². The third kappa shape index (κ3) is 1.99. The van der Waals surface area contributed by atoms with E-state index < -0.39 is 0 Å². The topological polar surface area (TPSA) is 46.2 Å². The summed E-state index contributed by atoms with van der Waals surface area (Å²) in [5.74, 6) is 0. The Morgan fingerprint density at radius 2 is 1.62 bits per heavy atom. The molecule has 1 rings (SSSR count). The third-order valence-corrected chi connectivity index (χ3v) is 2.42. The molecule has 72 valence electrons. The highest BCUT2D eigenvalue weighted by Gasteiger charge is 2.23. The van der Waals surface area contributed by atoms with Gasteiger partial charge >= 0.3 is 0 Å². The van der Waals surface area contributed by atoms with E-state index in [4.69, 9.17) is 5.73 Å². The molecule has 0 saturated carbocycles. The predicted octanol–water partition coefficient (Wildman–Crippen LogP) is 2.01. The van der Waals surface area contributed by atoms with Gasteiger partial charge in [0.05, 0.1) is 0 Å². The molecule has 0 heterocycles. The molecule has 0 fully saturated rings. The van der Waals surface area contributed by atoms with E-state index in [2.05, 4.69) is 0 Å². The molecule has 0 aliphatic rings. The van der Waals surface area contributed by atoms with E-state index in [1.54, 1.807) is 0 Å². The first-order valence-corrected chi connectivity index (χ1v) is 4.58. The first kappa shape index (κ1) is 10.0. The highest BCUT2D eigenvalue weighted by atomic mass is 16.5. The van der Waals surface area contributed by atoms with Crippen LogP contribution in [0.15, 0.2) is 24.3 Å². The number of nitrogen functional groups attached to an aromatic ring is 1. The van der Waals surface area contributed by atoms with E-state index in [1.165, 1.54) is 0 Å². The van der Waals surface area contributed by atoms with E-state index in [-0.39, 0.29) is 4.65 Å². The predicted molar refractivity (Wildman–Crippen MR) is 55.5 cm³/mol. The lowest BCUT2D eigenvalue weighted by Crippen LogP contribution is -2.45. The van der Waals surface area contributed by atoms with Crippen molar-refractivity contribution in [2.45, 2.75) is 13.8 Å². The molecule has 3 N–H and O–H groups in total. The summed E-state index contributed by atoms with van der Waals surface area (Å²) in [6, 6.07) is 7.35. The number of anilines is 1. The van der Waals surface area contributed by atoms with Crippen LogP contribution in [0.25, 0.3) is 0 Å². The summed E-state index contributed by atoms with van der Waals surface area (Å²) in [6.07, 6.45) is 0. The number of benzene rings is 1. The molecule has 0 saturated heterocycles. The third-order valence-electron chi connectivity index (χ3n) is 2.42. The highest BCUT2D eigenvalue weighted by molar-refractivity contribution is 5.49. The molecule has 0 amide bonds. The van der Waals surface area contributed by atoms with Gasteiger partial charge in [-0.05, 0) is 26.0 Å². The summed E-state index contributed by atoms with van der Waals surface area (Å²) in [6.45, 7) is 5.25. The molecule has 0 aliphatic heterocycles. The standard InChI is InChI=1S/C10H17N2O/c1-3-12(13,4-2)10-7-5-9(11)6-8-10/h5-8,13H,3-4,11H2,1-2H3/q+1. The van der Waals surface area contributed by atoms with Gasteiger partial charge in [0.25, 0.3) is 0 Å². The number of hydrogen-bond acceptors (Lipinski definition) is 2. The van der Waals surface area contributed by atoms with Crippen LogP contribution >= 0.6 is 0 Å². The molecule has 0 unspecified atom stereocenters. The zero-order valence-electron chi connectivity index (χ0n) is 8.20. The molecule has 0 spiro atoms. The Hall–Kier alpha value is -1.06. The fourth-order valence-corrected chi connectivity index (χ4v) is 1.34. The van der Waals surface area contributed by atoms with Crippen molar-refractivity contribution >= 4 is 11.4 Å². The molecule has 13 heavy (non-hydrogen) atoms. The summed E-state index contributed by atoms with van der Waals surface area (Å²) in [5.41, 5.74) is 7.18. The zero-order valence-corrected chi connectivity index (χ0v) is 8.20. The van der Waals surface area contributed by atoms with Crippen LogP contribution in [0, 0.1) is 0 Å². The number of nitrogens with two attached hydrogens (primary N) is 1. The maximum Gasteiger partial charge on any atom is 0.165 e. The molecule has 1 aromatic rings. The SMILES string of the molecule is CC[N+](O)(CC)c1ccc(N)cc1. The van der Waals surface area contributed by atoms with Crippen molar-refractivity contribution in [3.8, 4) is 0 Å². The Kier molecular flexibility index (Phi) is 2.90. The van der Waals surface area contributed by atoms with Gasteiger partial charge < -0.3 is 5.73 Å². The van der Waals surface area contributed by atoms with Gasteiger partial charge in [-0.3, -0.25) is 0 Å². The van der Waals surface area contributed by atoms with Gasteiger partial charge in [0.15, 0.2) is 5.69 Å². The number of nitrogens with zero attached hydrogens (tertiary/aromatic N) is 1. The number of hydroxylamine groups is 2. The van der Waals surface area contributed by atoms with Crippen LogP contribution in [0.5, 0.6) is 0 Å². The van der Waals surface area contributed by atoms with Gasteiger partial charge in [0, 0.05) is 17.8 Å². The minimum Gasteiger partial charge on any atom is -0.399 e. The van der Waals surface area contributed by atoms with Crippen LogP contribution in [0.2, 0.25) is 0 Å². The second kappa shape index (κ2) is 3.77. The maximum absolute atomic E-state index is 10.1. The zero-order chi connectivity index (χ0) is 9.90. The second-order valence-corrected chi connectivity index (χ2v) is 3.15. The molecular formula is C10H17N2O+. The van der Waals surface area contributed by atoms with Crippen molar-refractivity contribution in [3.05, 3.63) is 24.3 Å². The molecule has 1 aromatic carbocycles. The summed E-state index contributed by atoms with van der Waals surface area (Å²) in [7, 11) is 0. The Bertz CT molecular complexity index is 265. The fraction of sp³-hybridized carbons (Fsp3) is 0.400. The Morgan fingerprint density at radius 3 is 2.00 bits per heavy atom. The van der Waals surface area contributed by atoms with Crippen molar-refractivity contribution in [1.82, 2.24) is 4.65 Å². The lowest BCUT2D eigenvalue weighted by molar-refractivity contribution is -0.0709. The van der Waals surface area contributed by atoms with Crippen LogP contribution in [-0.4, -0.2) is 18.3 Å². The fourth-order valence-electron chi connectivity index (χ4n) is 1.34. The van der Waals surface area contributed by atoms with E-state index in [0.717, 1.165) is 11.4 Å². The van der Waals surface area contributed by atoms with Crippen molar-refractivity contribution in [1.29, 1.82) is 0 Å². The van der Waals surface area contributed by atoms with Gasteiger partial charge in [-0.15, -0.1) is 0 Å². The molecule has 0 radical (unpaired) electrons. The van der Waals surface area contributed by atoms with Crippen LogP contribution in [0.4, 0.5) is 11.4 Å². The second-order valence-electron chi connectivity index (χ2n) is 3.15. The van der Waals surface area contributed by atoms with Crippen LogP contribution in [0.3, 0.4) is 0 Å².